The molecule has 0 atom stereocenters. The molecule has 0 amide bonds. The van der Waals surface area contributed by atoms with Crippen molar-refractivity contribution >= 4 is 11.8 Å². The molecule has 0 fully saturated rings. The molecule has 1 aromatic carbocycles. The van der Waals surface area contributed by atoms with Crippen molar-refractivity contribution in [2.75, 3.05) is 13.7 Å². The van der Waals surface area contributed by atoms with Crippen molar-refractivity contribution < 1.29 is 24.2 Å². The van der Waals surface area contributed by atoms with Crippen LogP contribution in [-0.4, -0.2) is 30.6 Å². The van der Waals surface area contributed by atoms with E-state index in [4.69, 9.17) is 4.74 Å². The highest BCUT2D eigenvalue weighted by Crippen LogP contribution is 2.23. The van der Waals surface area contributed by atoms with Gasteiger partial charge in [0.25, 0.3) is 0 Å². The van der Waals surface area contributed by atoms with Crippen molar-refractivity contribution in [1.82, 2.24) is 0 Å². The lowest BCUT2D eigenvalue weighted by molar-refractivity contribution is -0.139. The average molecular weight is 238 g/mol. The Bertz CT molecular complexity index is 425. The molecule has 0 aliphatic heterocycles. The van der Waals surface area contributed by atoms with E-state index < -0.39 is 5.97 Å². The van der Waals surface area contributed by atoms with Crippen LogP contribution in [0.4, 0.5) is 0 Å². The smallest absolute Gasteiger partial charge is 0.310 e. The minimum Gasteiger partial charge on any atom is -0.508 e. The van der Waals surface area contributed by atoms with Crippen LogP contribution in [0.2, 0.25) is 0 Å². The number of aromatic hydroxyl groups is 1. The predicted octanol–water partition coefficient (Wildman–Crippen LogP) is 1.08. The van der Waals surface area contributed by atoms with Gasteiger partial charge in [0.15, 0.2) is 5.78 Å². The summed E-state index contributed by atoms with van der Waals surface area (Å²) in [7, 11) is 1.27. The Hall–Kier alpha value is -2.04. The first-order valence-electron chi connectivity index (χ1n) is 5.04. The highest BCUT2D eigenvalue weighted by molar-refractivity contribution is 5.77. The van der Waals surface area contributed by atoms with Gasteiger partial charge in [0.1, 0.15) is 18.1 Å². The van der Waals surface area contributed by atoms with E-state index in [1.54, 1.807) is 0 Å². The first-order valence-corrected chi connectivity index (χ1v) is 5.04. The fourth-order valence-corrected chi connectivity index (χ4v) is 1.21. The number of phenols is 1. The molecule has 0 radical (unpaired) electrons. The summed E-state index contributed by atoms with van der Waals surface area (Å²) in [6.07, 6.45) is -0.0421. The summed E-state index contributed by atoms with van der Waals surface area (Å²) in [5, 5.41) is 9.53. The number of benzene rings is 1. The molecule has 0 heterocycles. The topological polar surface area (TPSA) is 72.8 Å². The molecule has 5 heteroatoms. The van der Waals surface area contributed by atoms with Crippen molar-refractivity contribution in [2.24, 2.45) is 0 Å². The van der Waals surface area contributed by atoms with Gasteiger partial charge in [0.05, 0.1) is 13.5 Å². The van der Waals surface area contributed by atoms with Crippen LogP contribution in [0.3, 0.4) is 0 Å². The van der Waals surface area contributed by atoms with E-state index in [-0.39, 0.29) is 24.6 Å². The van der Waals surface area contributed by atoms with Crippen LogP contribution in [0, 0.1) is 0 Å². The SMILES string of the molecule is COC(=O)Cc1cc(OCC(C)=O)ccc1O. The van der Waals surface area contributed by atoms with Crippen LogP contribution in [0.5, 0.6) is 11.5 Å². The average Bonchev–Trinajstić information content (AvgIpc) is 2.29. The monoisotopic (exact) mass is 238 g/mol. The summed E-state index contributed by atoms with van der Waals surface area (Å²) >= 11 is 0. The van der Waals surface area contributed by atoms with Gasteiger partial charge in [-0.1, -0.05) is 0 Å². The number of esters is 1. The minimum atomic E-state index is -0.455. The van der Waals surface area contributed by atoms with Crippen LogP contribution in [0.15, 0.2) is 18.2 Å². The van der Waals surface area contributed by atoms with E-state index in [9.17, 15) is 14.7 Å². The van der Waals surface area contributed by atoms with E-state index in [0.29, 0.717) is 11.3 Å². The quantitative estimate of drug-likeness (QED) is 0.777. The lowest BCUT2D eigenvalue weighted by Gasteiger charge is -2.07. The first kappa shape index (κ1) is 13.0. The van der Waals surface area contributed by atoms with Crippen molar-refractivity contribution in [3.8, 4) is 11.5 Å². The number of Topliss-reactive ketones (excluding diaryl/α,β-unsaturated/α-hetero) is 1. The maximum absolute atomic E-state index is 11.1. The van der Waals surface area contributed by atoms with Gasteiger partial charge in [0.2, 0.25) is 0 Å². The predicted molar refractivity (Wildman–Crippen MR) is 60.0 cm³/mol. The Morgan fingerprint density at radius 2 is 2.06 bits per heavy atom. The second-order valence-corrected chi connectivity index (χ2v) is 3.53. The molecular formula is C12H14O5. The number of carbonyl (C=O) groups is 2. The summed E-state index contributed by atoms with van der Waals surface area (Å²) in [6.45, 7) is 1.37. The maximum atomic E-state index is 11.1. The van der Waals surface area contributed by atoms with E-state index in [1.807, 2.05) is 0 Å². The van der Waals surface area contributed by atoms with E-state index in [0.717, 1.165) is 0 Å². The van der Waals surface area contributed by atoms with Crippen LogP contribution in [-0.2, 0) is 20.7 Å². The molecule has 0 aliphatic rings. The Kier molecular flexibility index (Phi) is 4.51. The lowest BCUT2D eigenvalue weighted by Crippen LogP contribution is -2.08. The zero-order chi connectivity index (χ0) is 12.8. The van der Waals surface area contributed by atoms with E-state index in [1.165, 1.54) is 32.2 Å². The molecule has 92 valence electrons. The first-order chi connectivity index (χ1) is 8.02. The maximum Gasteiger partial charge on any atom is 0.310 e. The molecule has 17 heavy (non-hydrogen) atoms. The second-order valence-electron chi connectivity index (χ2n) is 3.53. The van der Waals surface area contributed by atoms with Gasteiger partial charge in [-0.05, 0) is 25.1 Å². The number of carbonyl (C=O) groups excluding carboxylic acids is 2. The molecule has 0 bridgehead atoms. The van der Waals surface area contributed by atoms with E-state index >= 15 is 0 Å². The molecule has 1 rings (SSSR count). The molecule has 5 nitrogen and oxygen atoms in total. The van der Waals surface area contributed by atoms with Gasteiger partial charge in [-0.3, -0.25) is 9.59 Å². The highest BCUT2D eigenvalue weighted by atomic mass is 16.5. The Balaban J connectivity index is 2.79. The van der Waals surface area contributed by atoms with Crippen molar-refractivity contribution in [3.63, 3.8) is 0 Å². The Morgan fingerprint density at radius 1 is 1.35 bits per heavy atom. The summed E-state index contributed by atoms with van der Waals surface area (Å²) < 4.78 is 9.67. The molecule has 0 aromatic heterocycles. The molecule has 1 N–H and O–H groups in total. The second kappa shape index (κ2) is 5.89. The Morgan fingerprint density at radius 3 is 2.65 bits per heavy atom. The van der Waals surface area contributed by atoms with Gasteiger partial charge in [-0.25, -0.2) is 0 Å². The van der Waals surface area contributed by atoms with Gasteiger partial charge in [0, 0.05) is 5.56 Å². The number of phenolic OH excluding ortho intramolecular Hbond substituents is 1. The number of ether oxygens (including phenoxy) is 2. The third-order valence-corrected chi connectivity index (χ3v) is 2.06. The van der Waals surface area contributed by atoms with Crippen molar-refractivity contribution in [1.29, 1.82) is 0 Å². The number of rotatable bonds is 5. The molecule has 0 unspecified atom stereocenters. The summed E-state index contributed by atoms with van der Waals surface area (Å²) in [6, 6.07) is 4.45. The van der Waals surface area contributed by atoms with Crippen LogP contribution in [0.1, 0.15) is 12.5 Å². The fraction of sp³-hybridized carbons (Fsp3) is 0.333. The van der Waals surface area contributed by atoms with Gasteiger partial charge >= 0.3 is 5.97 Å². The van der Waals surface area contributed by atoms with Gasteiger partial charge < -0.3 is 14.6 Å². The fourth-order valence-electron chi connectivity index (χ4n) is 1.21. The third-order valence-electron chi connectivity index (χ3n) is 2.06. The molecule has 1 aromatic rings. The van der Waals surface area contributed by atoms with E-state index in [2.05, 4.69) is 4.74 Å². The zero-order valence-electron chi connectivity index (χ0n) is 9.73. The zero-order valence-corrected chi connectivity index (χ0v) is 9.73. The molecule has 0 aliphatic carbocycles. The molecule has 0 spiro atoms. The van der Waals surface area contributed by atoms with Crippen LogP contribution in [0.25, 0.3) is 0 Å². The molecule has 0 saturated carbocycles. The van der Waals surface area contributed by atoms with Crippen LogP contribution >= 0.6 is 0 Å². The number of methoxy groups -OCH3 is 1. The molecular weight excluding hydrogens is 224 g/mol. The lowest BCUT2D eigenvalue weighted by atomic mass is 10.1. The van der Waals surface area contributed by atoms with Crippen LogP contribution < -0.4 is 4.74 Å². The standard InChI is InChI=1S/C12H14O5/c1-8(13)7-17-10-3-4-11(14)9(5-10)6-12(15)16-2/h3-5,14H,6-7H2,1-2H3. The summed E-state index contributed by atoms with van der Waals surface area (Å²) in [5.74, 6) is -0.140. The number of hydrogen-bond donors (Lipinski definition) is 1. The highest BCUT2D eigenvalue weighted by Gasteiger charge is 2.09. The minimum absolute atomic E-state index is 0.00873. The number of hydrogen-bond acceptors (Lipinski definition) is 5. The van der Waals surface area contributed by atoms with Crippen molar-refractivity contribution in [3.05, 3.63) is 23.8 Å². The van der Waals surface area contributed by atoms with Gasteiger partial charge in [-0.2, -0.15) is 0 Å². The normalized spacial score (nSPS) is 9.76. The summed E-state index contributed by atoms with van der Waals surface area (Å²) in [5.41, 5.74) is 0.401. The Labute approximate surface area is 99.0 Å². The van der Waals surface area contributed by atoms with Gasteiger partial charge in [-0.15, -0.1) is 0 Å². The summed E-state index contributed by atoms with van der Waals surface area (Å²) in [4.78, 5) is 21.8. The number of ketones is 1. The van der Waals surface area contributed by atoms with Crippen molar-refractivity contribution in [2.45, 2.75) is 13.3 Å². The molecule has 0 saturated heterocycles. The largest absolute Gasteiger partial charge is 0.508 e. The third kappa shape index (κ3) is 4.14.